The molecule has 0 fully saturated rings. The molecule has 0 saturated carbocycles. The van der Waals surface area contributed by atoms with E-state index in [1.807, 2.05) is 13.8 Å². The van der Waals surface area contributed by atoms with Crippen molar-refractivity contribution in [3.8, 4) is 5.75 Å². The lowest BCUT2D eigenvalue weighted by molar-refractivity contribution is 0.476. The third-order valence-corrected chi connectivity index (χ3v) is 2.25. The fourth-order valence-electron chi connectivity index (χ4n) is 1.47. The first kappa shape index (κ1) is 11.0. The standard InChI is InChI=1S/C11H12ClN3O/c1-6(2)13-10-8-5-7(16)3-4-9(8)14-11(12)15-10/h3-6,16H,1-2H3,(H,13,14,15). The number of nitrogens with one attached hydrogen (secondary N) is 1. The van der Waals surface area contributed by atoms with Crippen LogP contribution in [0.15, 0.2) is 18.2 Å². The number of aromatic nitrogens is 2. The smallest absolute Gasteiger partial charge is 0.224 e. The maximum atomic E-state index is 9.44. The second-order valence-corrected chi connectivity index (χ2v) is 4.18. The average Bonchev–Trinajstić information content (AvgIpc) is 2.18. The molecule has 1 aromatic heterocycles. The average molecular weight is 238 g/mol. The van der Waals surface area contributed by atoms with Gasteiger partial charge >= 0.3 is 0 Å². The van der Waals surface area contributed by atoms with Gasteiger partial charge in [-0.15, -0.1) is 0 Å². The van der Waals surface area contributed by atoms with E-state index >= 15 is 0 Å². The molecular weight excluding hydrogens is 226 g/mol. The lowest BCUT2D eigenvalue weighted by Gasteiger charge is -2.11. The lowest BCUT2D eigenvalue weighted by Crippen LogP contribution is -2.11. The Bertz CT molecular complexity index is 528. The Hall–Kier alpha value is -1.55. The van der Waals surface area contributed by atoms with Crippen LogP contribution in [0.4, 0.5) is 5.82 Å². The molecule has 4 nitrogen and oxygen atoms in total. The predicted molar refractivity (Wildman–Crippen MR) is 65.0 cm³/mol. The molecule has 0 radical (unpaired) electrons. The van der Waals surface area contributed by atoms with Gasteiger partial charge in [-0.25, -0.2) is 9.97 Å². The largest absolute Gasteiger partial charge is 0.508 e. The molecule has 0 amide bonds. The zero-order valence-corrected chi connectivity index (χ0v) is 9.78. The summed E-state index contributed by atoms with van der Waals surface area (Å²) in [7, 11) is 0. The molecule has 0 atom stereocenters. The quantitative estimate of drug-likeness (QED) is 0.789. The highest BCUT2D eigenvalue weighted by Crippen LogP contribution is 2.26. The Kier molecular flexibility index (Phi) is 2.83. The van der Waals surface area contributed by atoms with Crippen molar-refractivity contribution in [3.63, 3.8) is 0 Å². The van der Waals surface area contributed by atoms with Gasteiger partial charge in [0.1, 0.15) is 11.6 Å². The van der Waals surface area contributed by atoms with Gasteiger partial charge in [-0.05, 0) is 43.6 Å². The van der Waals surface area contributed by atoms with Crippen molar-refractivity contribution in [2.24, 2.45) is 0 Å². The summed E-state index contributed by atoms with van der Waals surface area (Å²) in [5.41, 5.74) is 0.709. The summed E-state index contributed by atoms with van der Waals surface area (Å²) in [5.74, 6) is 0.825. The molecule has 2 N–H and O–H groups in total. The first-order valence-electron chi connectivity index (χ1n) is 4.99. The minimum Gasteiger partial charge on any atom is -0.508 e. The van der Waals surface area contributed by atoms with E-state index in [4.69, 9.17) is 11.6 Å². The van der Waals surface area contributed by atoms with Crippen LogP contribution in [-0.2, 0) is 0 Å². The number of anilines is 1. The van der Waals surface area contributed by atoms with Gasteiger partial charge in [-0.2, -0.15) is 0 Å². The van der Waals surface area contributed by atoms with Gasteiger partial charge in [0, 0.05) is 11.4 Å². The van der Waals surface area contributed by atoms with Crippen molar-refractivity contribution in [1.29, 1.82) is 0 Å². The van der Waals surface area contributed by atoms with Crippen LogP contribution in [0.1, 0.15) is 13.8 Å². The van der Waals surface area contributed by atoms with Gasteiger partial charge in [0.2, 0.25) is 5.28 Å². The summed E-state index contributed by atoms with van der Waals surface area (Å²) in [6.45, 7) is 4.01. The summed E-state index contributed by atoms with van der Waals surface area (Å²) in [6.07, 6.45) is 0. The molecule has 0 aliphatic rings. The van der Waals surface area contributed by atoms with E-state index < -0.39 is 0 Å². The van der Waals surface area contributed by atoms with Gasteiger partial charge in [0.15, 0.2) is 0 Å². The molecule has 1 heterocycles. The Morgan fingerprint density at radius 3 is 2.75 bits per heavy atom. The summed E-state index contributed by atoms with van der Waals surface area (Å²) >= 11 is 5.82. The predicted octanol–water partition coefficient (Wildman–Crippen LogP) is 2.81. The van der Waals surface area contributed by atoms with Crippen LogP contribution in [0.3, 0.4) is 0 Å². The first-order valence-corrected chi connectivity index (χ1v) is 5.37. The number of hydrogen-bond donors (Lipinski definition) is 2. The summed E-state index contributed by atoms with van der Waals surface area (Å²) in [5, 5.41) is 13.6. The zero-order valence-electron chi connectivity index (χ0n) is 9.03. The highest BCUT2D eigenvalue weighted by Gasteiger charge is 2.08. The van der Waals surface area contributed by atoms with E-state index in [1.54, 1.807) is 18.2 Å². The first-order chi connectivity index (χ1) is 7.56. The van der Waals surface area contributed by atoms with Crippen LogP contribution in [0.2, 0.25) is 5.28 Å². The van der Waals surface area contributed by atoms with Crippen LogP contribution < -0.4 is 5.32 Å². The van der Waals surface area contributed by atoms with E-state index in [-0.39, 0.29) is 17.1 Å². The molecule has 0 saturated heterocycles. The summed E-state index contributed by atoms with van der Waals surface area (Å²) in [4.78, 5) is 8.20. The number of aromatic hydroxyl groups is 1. The highest BCUT2D eigenvalue weighted by atomic mass is 35.5. The number of phenols is 1. The summed E-state index contributed by atoms with van der Waals surface area (Å²) < 4.78 is 0. The maximum Gasteiger partial charge on any atom is 0.224 e. The molecule has 16 heavy (non-hydrogen) atoms. The number of rotatable bonds is 2. The fraction of sp³-hybridized carbons (Fsp3) is 0.273. The third-order valence-electron chi connectivity index (χ3n) is 2.08. The Labute approximate surface area is 98.3 Å². The highest BCUT2D eigenvalue weighted by molar-refractivity contribution is 6.28. The van der Waals surface area contributed by atoms with Crippen LogP contribution >= 0.6 is 11.6 Å². The number of halogens is 1. The molecule has 2 rings (SSSR count). The van der Waals surface area contributed by atoms with Gasteiger partial charge in [-0.1, -0.05) is 0 Å². The molecule has 84 valence electrons. The topological polar surface area (TPSA) is 58.0 Å². The van der Waals surface area contributed by atoms with Crippen molar-refractivity contribution in [2.75, 3.05) is 5.32 Å². The molecule has 5 heteroatoms. The van der Waals surface area contributed by atoms with Gasteiger partial charge in [0.25, 0.3) is 0 Å². The van der Waals surface area contributed by atoms with Crippen molar-refractivity contribution in [1.82, 2.24) is 9.97 Å². The summed E-state index contributed by atoms with van der Waals surface area (Å²) in [6, 6.07) is 5.14. The SMILES string of the molecule is CC(C)Nc1nc(Cl)nc2ccc(O)cc12. The van der Waals surface area contributed by atoms with Gasteiger partial charge in [0.05, 0.1) is 5.52 Å². The van der Waals surface area contributed by atoms with Crippen molar-refractivity contribution in [3.05, 3.63) is 23.5 Å². The number of phenolic OH excluding ortho intramolecular Hbond substituents is 1. The van der Waals surface area contributed by atoms with Gasteiger partial charge < -0.3 is 10.4 Å². The molecular formula is C11H12ClN3O. The van der Waals surface area contributed by atoms with Crippen molar-refractivity contribution in [2.45, 2.75) is 19.9 Å². The molecule has 2 aromatic rings. The Morgan fingerprint density at radius 1 is 1.31 bits per heavy atom. The van der Waals surface area contributed by atoms with Crippen LogP contribution in [0.5, 0.6) is 5.75 Å². The monoisotopic (exact) mass is 237 g/mol. The number of benzene rings is 1. The molecule has 0 spiro atoms. The van der Waals surface area contributed by atoms with Gasteiger partial charge in [-0.3, -0.25) is 0 Å². The van der Waals surface area contributed by atoms with Crippen LogP contribution in [0.25, 0.3) is 10.9 Å². The lowest BCUT2D eigenvalue weighted by atomic mass is 10.2. The number of fused-ring (bicyclic) bond motifs is 1. The van der Waals surface area contributed by atoms with E-state index in [9.17, 15) is 5.11 Å². The maximum absolute atomic E-state index is 9.44. The minimum absolute atomic E-state index is 0.185. The molecule has 0 unspecified atom stereocenters. The minimum atomic E-state index is 0.185. The van der Waals surface area contributed by atoms with E-state index in [0.29, 0.717) is 11.3 Å². The Morgan fingerprint density at radius 2 is 2.06 bits per heavy atom. The van der Waals surface area contributed by atoms with Crippen LogP contribution in [-0.4, -0.2) is 21.1 Å². The molecule has 0 aliphatic heterocycles. The van der Waals surface area contributed by atoms with Crippen molar-refractivity contribution < 1.29 is 5.11 Å². The fourth-order valence-corrected chi connectivity index (χ4v) is 1.65. The van der Waals surface area contributed by atoms with Crippen molar-refractivity contribution >= 4 is 28.3 Å². The van der Waals surface area contributed by atoms with E-state index in [1.165, 1.54) is 0 Å². The molecule has 0 bridgehead atoms. The zero-order chi connectivity index (χ0) is 11.7. The van der Waals surface area contributed by atoms with E-state index in [2.05, 4.69) is 15.3 Å². The molecule has 0 aliphatic carbocycles. The molecule has 1 aromatic carbocycles. The second-order valence-electron chi connectivity index (χ2n) is 3.84. The third kappa shape index (κ3) is 2.17. The normalized spacial score (nSPS) is 11.0. The van der Waals surface area contributed by atoms with Crippen LogP contribution in [0, 0.1) is 0 Å². The van der Waals surface area contributed by atoms with E-state index in [0.717, 1.165) is 5.39 Å². The Balaban J connectivity index is 2.64. The number of hydrogen-bond acceptors (Lipinski definition) is 4. The number of nitrogens with zero attached hydrogens (tertiary/aromatic N) is 2. The second kappa shape index (κ2) is 4.14.